The predicted molar refractivity (Wildman–Crippen MR) is 79.9 cm³/mol. The summed E-state index contributed by atoms with van der Waals surface area (Å²) in [5, 5.41) is 1.30. The molecule has 1 heterocycles. The molecule has 106 valence electrons. The van der Waals surface area contributed by atoms with E-state index in [2.05, 4.69) is 11.8 Å². The zero-order valence-corrected chi connectivity index (χ0v) is 12.6. The van der Waals surface area contributed by atoms with E-state index in [1.165, 1.54) is 0 Å². The molecule has 1 aliphatic rings. The van der Waals surface area contributed by atoms with Crippen LogP contribution in [0, 0.1) is 0 Å². The summed E-state index contributed by atoms with van der Waals surface area (Å²) < 4.78 is 5.80. The number of hydrogen-bond acceptors (Lipinski definition) is 3. The molecule has 3 nitrogen and oxygen atoms in total. The standard InChI is InChI=1S/C14H20Cl2N2O/c1-2-5-18-6-7-19-13(9-18)14(17)11-8-10(15)3-4-12(11)16/h3-4,8,13-14H,2,5-7,9,17H2,1H3. The molecule has 1 aliphatic heterocycles. The zero-order valence-electron chi connectivity index (χ0n) is 11.1. The van der Waals surface area contributed by atoms with Crippen molar-refractivity contribution in [2.75, 3.05) is 26.2 Å². The van der Waals surface area contributed by atoms with Crippen LogP contribution in [0.25, 0.3) is 0 Å². The number of nitrogens with zero attached hydrogens (tertiary/aromatic N) is 1. The van der Waals surface area contributed by atoms with Crippen LogP contribution in [0.4, 0.5) is 0 Å². The maximum atomic E-state index is 6.30. The van der Waals surface area contributed by atoms with Gasteiger partial charge in [0.2, 0.25) is 0 Å². The third-order valence-corrected chi connectivity index (χ3v) is 4.01. The second-order valence-corrected chi connectivity index (χ2v) is 5.75. The highest BCUT2D eigenvalue weighted by molar-refractivity contribution is 6.33. The summed E-state index contributed by atoms with van der Waals surface area (Å²) in [7, 11) is 0. The second kappa shape index (κ2) is 6.91. The summed E-state index contributed by atoms with van der Waals surface area (Å²) in [6, 6.07) is 5.14. The van der Waals surface area contributed by atoms with Crippen molar-refractivity contribution < 1.29 is 4.74 Å². The third kappa shape index (κ3) is 3.83. The summed E-state index contributed by atoms with van der Waals surface area (Å²) >= 11 is 12.2. The van der Waals surface area contributed by atoms with Crippen molar-refractivity contribution in [2.24, 2.45) is 5.73 Å². The van der Waals surface area contributed by atoms with Gasteiger partial charge in [0.15, 0.2) is 0 Å². The zero-order chi connectivity index (χ0) is 13.8. The fourth-order valence-corrected chi connectivity index (χ4v) is 2.86. The van der Waals surface area contributed by atoms with Crippen molar-refractivity contribution in [1.29, 1.82) is 0 Å². The average molecular weight is 303 g/mol. The van der Waals surface area contributed by atoms with Gasteiger partial charge in [0.1, 0.15) is 0 Å². The van der Waals surface area contributed by atoms with Gasteiger partial charge in [-0.25, -0.2) is 0 Å². The first-order chi connectivity index (χ1) is 9.11. The molecular weight excluding hydrogens is 283 g/mol. The maximum Gasteiger partial charge on any atom is 0.0895 e. The lowest BCUT2D eigenvalue weighted by molar-refractivity contribution is -0.0407. The van der Waals surface area contributed by atoms with Gasteiger partial charge in [-0.05, 0) is 36.7 Å². The first-order valence-electron chi connectivity index (χ1n) is 6.66. The summed E-state index contributed by atoms with van der Waals surface area (Å²) in [5.74, 6) is 0. The van der Waals surface area contributed by atoms with E-state index in [0.717, 1.165) is 38.2 Å². The Kier molecular flexibility index (Phi) is 5.48. The van der Waals surface area contributed by atoms with Crippen LogP contribution in [0.3, 0.4) is 0 Å². The number of morpholine rings is 1. The van der Waals surface area contributed by atoms with Crippen LogP contribution in [0.2, 0.25) is 10.0 Å². The molecule has 0 saturated carbocycles. The lowest BCUT2D eigenvalue weighted by Crippen LogP contribution is -2.47. The van der Waals surface area contributed by atoms with Crippen LogP contribution >= 0.6 is 23.2 Å². The van der Waals surface area contributed by atoms with E-state index in [0.29, 0.717) is 10.0 Å². The highest BCUT2D eigenvalue weighted by Crippen LogP contribution is 2.29. The molecule has 2 N–H and O–H groups in total. The molecule has 0 aromatic heterocycles. The van der Waals surface area contributed by atoms with Gasteiger partial charge in [0.05, 0.1) is 18.8 Å². The van der Waals surface area contributed by atoms with Crippen molar-refractivity contribution in [3.05, 3.63) is 33.8 Å². The van der Waals surface area contributed by atoms with E-state index in [9.17, 15) is 0 Å². The molecule has 0 spiro atoms. The number of rotatable bonds is 4. The summed E-state index contributed by atoms with van der Waals surface area (Å²) in [5.41, 5.74) is 7.16. The van der Waals surface area contributed by atoms with Gasteiger partial charge >= 0.3 is 0 Å². The maximum absolute atomic E-state index is 6.30. The van der Waals surface area contributed by atoms with E-state index in [1.54, 1.807) is 12.1 Å². The van der Waals surface area contributed by atoms with Gasteiger partial charge in [-0.1, -0.05) is 30.1 Å². The largest absolute Gasteiger partial charge is 0.374 e. The van der Waals surface area contributed by atoms with Gasteiger partial charge in [0.25, 0.3) is 0 Å². The highest BCUT2D eigenvalue weighted by Gasteiger charge is 2.27. The van der Waals surface area contributed by atoms with E-state index in [1.807, 2.05) is 6.07 Å². The molecule has 19 heavy (non-hydrogen) atoms. The minimum atomic E-state index is -0.245. The molecule has 0 amide bonds. The molecule has 5 heteroatoms. The molecule has 2 rings (SSSR count). The Morgan fingerprint density at radius 2 is 2.26 bits per heavy atom. The van der Waals surface area contributed by atoms with Crippen LogP contribution in [0.5, 0.6) is 0 Å². The number of nitrogens with two attached hydrogens (primary N) is 1. The van der Waals surface area contributed by atoms with Crippen molar-refractivity contribution in [2.45, 2.75) is 25.5 Å². The Bertz CT molecular complexity index is 426. The van der Waals surface area contributed by atoms with Crippen molar-refractivity contribution in [3.8, 4) is 0 Å². The topological polar surface area (TPSA) is 38.5 Å². The molecule has 1 aromatic carbocycles. The third-order valence-electron chi connectivity index (χ3n) is 3.44. The van der Waals surface area contributed by atoms with Gasteiger partial charge in [-0.2, -0.15) is 0 Å². The molecule has 1 saturated heterocycles. The number of ether oxygens (including phenoxy) is 1. The molecule has 0 aliphatic carbocycles. The van der Waals surface area contributed by atoms with Crippen LogP contribution in [-0.2, 0) is 4.74 Å². The van der Waals surface area contributed by atoms with E-state index in [-0.39, 0.29) is 12.1 Å². The van der Waals surface area contributed by atoms with Gasteiger partial charge < -0.3 is 10.5 Å². The van der Waals surface area contributed by atoms with Crippen LogP contribution in [0.15, 0.2) is 18.2 Å². The lowest BCUT2D eigenvalue weighted by Gasteiger charge is -2.36. The highest BCUT2D eigenvalue weighted by atomic mass is 35.5. The molecule has 0 bridgehead atoms. The molecule has 1 aromatic rings. The Hall–Kier alpha value is -0.320. The Balaban J connectivity index is 2.10. The minimum absolute atomic E-state index is 0.0312. The molecule has 2 unspecified atom stereocenters. The minimum Gasteiger partial charge on any atom is -0.374 e. The first kappa shape index (κ1) is 15.1. The number of halogens is 2. The van der Waals surface area contributed by atoms with Crippen LogP contribution < -0.4 is 5.73 Å². The van der Waals surface area contributed by atoms with Crippen LogP contribution in [0.1, 0.15) is 24.9 Å². The molecule has 1 fully saturated rings. The molecular formula is C14H20Cl2N2O. The summed E-state index contributed by atoms with van der Waals surface area (Å²) in [4.78, 5) is 2.38. The first-order valence-corrected chi connectivity index (χ1v) is 7.42. The van der Waals surface area contributed by atoms with Gasteiger partial charge in [-0.15, -0.1) is 0 Å². The molecule has 2 atom stereocenters. The van der Waals surface area contributed by atoms with Crippen molar-refractivity contribution in [3.63, 3.8) is 0 Å². The summed E-state index contributed by atoms with van der Waals surface area (Å²) in [6.07, 6.45) is 1.11. The lowest BCUT2D eigenvalue weighted by atomic mass is 10.0. The Labute approximate surface area is 124 Å². The molecule has 0 radical (unpaired) electrons. The summed E-state index contributed by atoms with van der Waals surface area (Å²) in [6.45, 7) is 5.79. The fraction of sp³-hybridized carbons (Fsp3) is 0.571. The Morgan fingerprint density at radius 3 is 3.00 bits per heavy atom. The monoisotopic (exact) mass is 302 g/mol. The van der Waals surface area contributed by atoms with Gasteiger partial charge in [-0.3, -0.25) is 4.90 Å². The average Bonchev–Trinajstić information content (AvgIpc) is 2.41. The SMILES string of the molecule is CCCN1CCOC(C(N)c2cc(Cl)ccc2Cl)C1. The second-order valence-electron chi connectivity index (χ2n) is 4.90. The van der Waals surface area contributed by atoms with Crippen LogP contribution in [-0.4, -0.2) is 37.2 Å². The number of benzene rings is 1. The van der Waals surface area contributed by atoms with Crippen molar-refractivity contribution in [1.82, 2.24) is 4.90 Å². The van der Waals surface area contributed by atoms with E-state index in [4.69, 9.17) is 33.7 Å². The van der Waals surface area contributed by atoms with E-state index < -0.39 is 0 Å². The Morgan fingerprint density at radius 1 is 1.47 bits per heavy atom. The normalized spacial score (nSPS) is 22.4. The van der Waals surface area contributed by atoms with Gasteiger partial charge in [0, 0.05) is 23.1 Å². The predicted octanol–water partition coefficient (Wildman–Crippen LogP) is 3.10. The quantitative estimate of drug-likeness (QED) is 0.929. The number of hydrogen-bond donors (Lipinski definition) is 1. The van der Waals surface area contributed by atoms with Crippen molar-refractivity contribution >= 4 is 23.2 Å². The fourth-order valence-electron chi connectivity index (χ4n) is 2.44. The smallest absolute Gasteiger partial charge is 0.0895 e. The van der Waals surface area contributed by atoms with E-state index >= 15 is 0 Å².